The molecule has 1 amide bonds. The number of nitrogens with one attached hydrogen (secondary N) is 1. The summed E-state index contributed by atoms with van der Waals surface area (Å²) in [6, 6.07) is 7.75. The minimum Gasteiger partial charge on any atom is -0.450 e. The van der Waals surface area contributed by atoms with Crippen LogP contribution < -0.4 is 5.32 Å². The van der Waals surface area contributed by atoms with Gasteiger partial charge in [-0.1, -0.05) is 28.1 Å². The van der Waals surface area contributed by atoms with Crippen LogP contribution in [0.3, 0.4) is 0 Å². The molecular formula is C10H12BrNO2. The first-order valence-electron chi connectivity index (χ1n) is 4.37. The van der Waals surface area contributed by atoms with Crippen molar-refractivity contribution in [2.75, 3.05) is 6.61 Å². The smallest absolute Gasteiger partial charge is 0.407 e. The summed E-state index contributed by atoms with van der Waals surface area (Å²) in [6.07, 6.45) is -0.382. The van der Waals surface area contributed by atoms with E-state index >= 15 is 0 Å². The molecule has 0 aliphatic rings. The fraction of sp³-hybridized carbons (Fsp3) is 0.300. The molecule has 0 saturated carbocycles. The highest BCUT2D eigenvalue weighted by molar-refractivity contribution is 9.10. The first-order chi connectivity index (χ1) is 6.72. The summed E-state index contributed by atoms with van der Waals surface area (Å²) in [4.78, 5) is 11.0. The second kappa shape index (κ2) is 5.65. The van der Waals surface area contributed by atoms with Crippen molar-refractivity contribution in [1.82, 2.24) is 5.32 Å². The van der Waals surface area contributed by atoms with Crippen LogP contribution in [0.25, 0.3) is 0 Å². The largest absolute Gasteiger partial charge is 0.450 e. The third kappa shape index (κ3) is 3.79. The maximum Gasteiger partial charge on any atom is 0.407 e. The number of hydrogen-bond acceptors (Lipinski definition) is 2. The second-order valence-corrected chi connectivity index (χ2v) is 3.62. The zero-order valence-corrected chi connectivity index (χ0v) is 9.50. The van der Waals surface area contributed by atoms with Crippen molar-refractivity contribution in [1.29, 1.82) is 0 Å². The molecule has 1 rings (SSSR count). The molecule has 0 aliphatic carbocycles. The van der Waals surface area contributed by atoms with Gasteiger partial charge in [0.25, 0.3) is 0 Å². The number of alkyl carbamates (subject to hydrolysis) is 1. The summed E-state index contributed by atoms with van der Waals surface area (Å²) >= 11 is 3.36. The summed E-state index contributed by atoms with van der Waals surface area (Å²) in [5.74, 6) is 0. The number of amides is 1. The number of hydrogen-bond donors (Lipinski definition) is 1. The maximum absolute atomic E-state index is 11.0. The molecule has 14 heavy (non-hydrogen) atoms. The molecule has 1 aromatic carbocycles. The quantitative estimate of drug-likeness (QED) is 0.905. The second-order valence-electron chi connectivity index (χ2n) is 2.70. The van der Waals surface area contributed by atoms with Gasteiger partial charge in [-0.25, -0.2) is 4.79 Å². The number of rotatable bonds is 3. The number of carbonyl (C=O) groups is 1. The predicted molar refractivity (Wildman–Crippen MR) is 58.0 cm³/mol. The Labute approximate surface area is 91.6 Å². The molecule has 0 heterocycles. The minimum absolute atomic E-state index is 0.382. The number of halogens is 1. The van der Waals surface area contributed by atoms with E-state index in [1.54, 1.807) is 6.92 Å². The molecule has 0 atom stereocenters. The minimum atomic E-state index is -0.382. The predicted octanol–water partition coefficient (Wildman–Crippen LogP) is 2.70. The molecule has 76 valence electrons. The molecule has 0 aliphatic heterocycles. The molecule has 1 N–H and O–H groups in total. The highest BCUT2D eigenvalue weighted by Gasteiger charge is 1.99. The number of benzene rings is 1. The van der Waals surface area contributed by atoms with Crippen molar-refractivity contribution < 1.29 is 9.53 Å². The van der Waals surface area contributed by atoms with Gasteiger partial charge in [0.05, 0.1) is 6.61 Å². The van der Waals surface area contributed by atoms with Crippen LogP contribution in [0.4, 0.5) is 4.79 Å². The molecule has 0 radical (unpaired) electrons. The van der Waals surface area contributed by atoms with Gasteiger partial charge >= 0.3 is 6.09 Å². The van der Waals surface area contributed by atoms with Gasteiger partial charge in [-0.3, -0.25) is 0 Å². The van der Waals surface area contributed by atoms with Gasteiger partial charge in [-0.05, 0) is 24.6 Å². The third-order valence-corrected chi connectivity index (χ3v) is 2.09. The van der Waals surface area contributed by atoms with Gasteiger partial charge < -0.3 is 10.1 Å². The lowest BCUT2D eigenvalue weighted by molar-refractivity contribution is 0.151. The molecule has 1 aromatic rings. The van der Waals surface area contributed by atoms with E-state index in [1.807, 2.05) is 24.3 Å². The Hall–Kier alpha value is -1.03. The fourth-order valence-electron chi connectivity index (χ4n) is 1.00. The monoisotopic (exact) mass is 257 g/mol. The van der Waals surface area contributed by atoms with E-state index < -0.39 is 0 Å². The zero-order chi connectivity index (χ0) is 10.4. The summed E-state index contributed by atoms with van der Waals surface area (Å²) in [5.41, 5.74) is 1.03. The Balaban J connectivity index is 2.41. The van der Waals surface area contributed by atoms with E-state index in [4.69, 9.17) is 4.74 Å². The molecule has 0 bridgehead atoms. The van der Waals surface area contributed by atoms with Gasteiger partial charge in [0.15, 0.2) is 0 Å². The Morgan fingerprint density at radius 2 is 2.36 bits per heavy atom. The lowest BCUT2D eigenvalue weighted by atomic mass is 10.2. The third-order valence-electron chi connectivity index (χ3n) is 1.60. The number of ether oxygens (including phenoxy) is 1. The van der Waals surface area contributed by atoms with Gasteiger partial charge in [-0.2, -0.15) is 0 Å². The molecule has 0 fully saturated rings. The van der Waals surface area contributed by atoms with Crippen LogP contribution in [0.5, 0.6) is 0 Å². The van der Waals surface area contributed by atoms with Gasteiger partial charge in [0.1, 0.15) is 0 Å². The van der Waals surface area contributed by atoms with Crippen molar-refractivity contribution in [3.63, 3.8) is 0 Å². The van der Waals surface area contributed by atoms with E-state index in [0.29, 0.717) is 13.2 Å². The van der Waals surface area contributed by atoms with Crippen LogP contribution in [0.1, 0.15) is 12.5 Å². The molecule has 4 heteroatoms. The van der Waals surface area contributed by atoms with E-state index in [0.717, 1.165) is 10.0 Å². The van der Waals surface area contributed by atoms with E-state index in [9.17, 15) is 4.79 Å². The molecular weight excluding hydrogens is 246 g/mol. The first kappa shape index (κ1) is 11.0. The Morgan fingerprint density at radius 1 is 1.57 bits per heavy atom. The van der Waals surface area contributed by atoms with Crippen molar-refractivity contribution in [3.05, 3.63) is 34.3 Å². The summed E-state index contributed by atoms with van der Waals surface area (Å²) < 4.78 is 5.73. The average molecular weight is 258 g/mol. The van der Waals surface area contributed by atoms with Crippen molar-refractivity contribution in [2.45, 2.75) is 13.5 Å². The van der Waals surface area contributed by atoms with Crippen LogP contribution in [0, 0.1) is 0 Å². The van der Waals surface area contributed by atoms with Crippen LogP contribution >= 0.6 is 15.9 Å². The Kier molecular flexibility index (Phi) is 4.46. The normalized spacial score (nSPS) is 9.57. The summed E-state index contributed by atoms with van der Waals surface area (Å²) in [6.45, 7) is 2.65. The van der Waals surface area contributed by atoms with Crippen LogP contribution in [-0.2, 0) is 11.3 Å². The Morgan fingerprint density at radius 3 is 3.00 bits per heavy atom. The summed E-state index contributed by atoms with van der Waals surface area (Å²) in [5, 5.41) is 2.65. The molecule has 0 saturated heterocycles. The standard InChI is InChI=1S/C10H12BrNO2/c1-2-14-10(13)12-7-8-4-3-5-9(11)6-8/h3-6H,2,7H2,1H3,(H,12,13). The molecule has 0 aromatic heterocycles. The van der Waals surface area contributed by atoms with Gasteiger partial charge in [0, 0.05) is 11.0 Å². The number of carbonyl (C=O) groups excluding carboxylic acids is 1. The van der Waals surface area contributed by atoms with Gasteiger partial charge in [-0.15, -0.1) is 0 Å². The zero-order valence-electron chi connectivity index (χ0n) is 7.92. The van der Waals surface area contributed by atoms with E-state index in [-0.39, 0.29) is 6.09 Å². The molecule has 3 nitrogen and oxygen atoms in total. The fourth-order valence-corrected chi connectivity index (χ4v) is 1.45. The van der Waals surface area contributed by atoms with Crippen LogP contribution in [0.2, 0.25) is 0 Å². The maximum atomic E-state index is 11.0. The first-order valence-corrected chi connectivity index (χ1v) is 5.16. The van der Waals surface area contributed by atoms with E-state index in [2.05, 4.69) is 21.2 Å². The van der Waals surface area contributed by atoms with Crippen LogP contribution in [0.15, 0.2) is 28.7 Å². The lowest BCUT2D eigenvalue weighted by Gasteiger charge is -2.05. The molecule has 0 spiro atoms. The molecule has 0 unspecified atom stereocenters. The summed E-state index contributed by atoms with van der Waals surface area (Å²) in [7, 11) is 0. The topological polar surface area (TPSA) is 38.3 Å². The van der Waals surface area contributed by atoms with E-state index in [1.165, 1.54) is 0 Å². The Bertz CT molecular complexity index is 315. The SMILES string of the molecule is CCOC(=O)NCc1cccc(Br)c1. The van der Waals surface area contributed by atoms with Gasteiger partial charge in [0.2, 0.25) is 0 Å². The highest BCUT2D eigenvalue weighted by atomic mass is 79.9. The van der Waals surface area contributed by atoms with Crippen molar-refractivity contribution in [2.24, 2.45) is 0 Å². The van der Waals surface area contributed by atoms with Crippen LogP contribution in [-0.4, -0.2) is 12.7 Å². The van der Waals surface area contributed by atoms with Crippen molar-refractivity contribution >= 4 is 22.0 Å². The highest BCUT2D eigenvalue weighted by Crippen LogP contribution is 2.11. The average Bonchev–Trinajstić information content (AvgIpc) is 2.15. The lowest BCUT2D eigenvalue weighted by Crippen LogP contribution is -2.23. The van der Waals surface area contributed by atoms with Crippen molar-refractivity contribution in [3.8, 4) is 0 Å².